The summed E-state index contributed by atoms with van der Waals surface area (Å²) in [6, 6.07) is 9.89. The second-order valence-corrected chi connectivity index (χ2v) is 7.53. The maximum atomic E-state index is 12.3. The number of carbonyl (C=O) groups excluding carboxylic acids is 2. The Bertz CT molecular complexity index is 746. The lowest BCUT2D eigenvalue weighted by Gasteiger charge is -2.30. The number of carbonyl (C=O) groups is 2. The van der Waals surface area contributed by atoms with E-state index < -0.39 is 0 Å². The van der Waals surface area contributed by atoms with Gasteiger partial charge in [-0.05, 0) is 49.3 Å². The van der Waals surface area contributed by atoms with Crippen LogP contribution < -0.4 is 0 Å². The van der Waals surface area contributed by atoms with Gasteiger partial charge < -0.3 is 9.64 Å². The van der Waals surface area contributed by atoms with Crippen LogP contribution >= 0.6 is 11.3 Å². The zero-order valence-electron chi connectivity index (χ0n) is 14.7. The fourth-order valence-electron chi connectivity index (χ4n) is 3.10. The van der Waals surface area contributed by atoms with Crippen LogP contribution in [-0.2, 0) is 16.1 Å². The summed E-state index contributed by atoms with van der Waals surface area (Å²) in [5, 5.41) is 1.91. The van der Waals surface area contributed by atoms with Crippen molar-refractivity contribution in [3.05, 3.63) is 57.3 Å². The number of likely N-dealkylation sites (tertiary alicyclic amines) is 1. The van der Waals surface area contributed by atoms with Gasteiger partial charge in [-0.3, -0.25) is 9.59 Å². The molecule has 1 aromatic carbocycles. The molecule has 1 aromatic heterocycles. The van der Waals surface area contributed by atoms with E-state index in [4.69, 9.17) is 4.74 Å². The van der Waals surface area contributed by atoms with Crippen molar-refractivity contribution in [3.63, 3.8) is 0 Å². The number of rotatable bonds is 4. The highest BCUT2D eigenvalue weighted by atomic mass is 32.1. The van der Waals surface area contributed by atoms with Crippen molar-refractivity contribution < 1.29 is 14.3 Å². The number of nitrogens with zero attached hydrogens (tertiary/aromatic N) is 1. The van der Waals surface area contributed by atoms with E-state index >= 15 is 0 Å². The highest BCUT2D eigenvalue weighted by molar-refractivity contribution is 7.12. The van der Waals surface area contributed by atoms with Gasteiger partial charge in [-0.1, -0.05) is 29.8 Å². The van der Waals surface area contributed by atoms with Gasteiger partial charge in [-0.2, -0.15) is 0 Å². The van der Waals surface area contributed by atoms with Crippen LogP contribution in [0.1, 0.15) is 39.2 Å². The van der Waals surface area contributed by atoms with Gasteiger partial charge >= 0.3 is 5.97 Å². The topological polar surface area (TPSA) is 46.6 Å². The van der Waals surface area contributed by atoms with Crippen LogP contribution in [0.5, 0.6) is 0 Å². The van der Waals surface area contributed by atoms with Crippen LogP contribution in [0, 0.1) is 19.8 Å². The Morgan fingerprint density at radius 2 is 1.96 bits per heavy atom. The van der Waals surface area contributed by atoms with E-state index in [2.05, 4.69) is 12.1 Å². The lowest BCUT2D eigenvalue weighted by atomic mass is 9.97. The van der Waals surface area contributed by atoms with E-state index in [1.54, 1.807) is 0 Å². The van der Waals surface area contributed by atoms with Crippen LogP contribution in [0.25, 0.3) is 0 Å². The van der Waals surface area contributed by atoms with Gasteiger partial charge in [-0.25, -0.2) is 0 Å². The standard InChI is InChI=1S/C20H23NO3S/c1-14-5-6-15(2)17(12-14)13-24-20(23)16-7-9-21(10-8-16)19(22)18-4-3-11-25-18/h3-6,11-12,16H,7-10,13H2,1-2H3. The number of benzene rings is 1. The minimum Gasteiger partial charge on any atom is -0.461 e. The molecule has 1 aliphatic heterocycles. The number of esters is 1. The fraction of sp³-hybridized carbons (Fsp3) is 0.400. The van der Waals surface area contributed by atoms with Crippen LogP contribution in [-0.4, -0.2) is 29.9 Å². The molecule has 3 rings (SSSR count). The van der Waals surface area contributed by atoms with Gasteiger partial charge in [0, 0.05) is 13.1 Å². The Kier molecular flexibility index (Phi) is 5.53. The fourth-order valence-corrected chi connectivity index (χ4v) is 3.79. The summed E-state index contributed by atoms with van der Waals surface area (Å²) < 4.78 is 5.53. The summed E-state index contributed by atoms with van der Waals surface area (Å²) in [5.74, 6) is -0.196. The molecule has 0 bridgehead atoms. The van der Waals surface area contributed by atoms with Crippen LogP contribution in [0.3, 0.4) is 0 Å². The second kappa shape index (κ2) is 7.83. The zero-order chi connectivity index (χ0) is 17.8. The highest BCUT2D eigenvalue weighted by Gasteiger charge is 2.29. The molecule has 2 aromatic rings. The zero-order valence-corrected chi connectivity index (χ0v) is 15.5. The van der Waals surface area contributed by atoms with Gasteiger partial charge in [0.25, 0.3) is 5.91 Å². The lowest BCUT2D eigenvalue weighted by molar-refractivity contribution is -0.151. The number of thiophene rings is 1. The van der Waals surface area contributed by atoms with Crippen LogP contribution in [0.2, 0.25) is 0 Å². The number of amides is 1. The SMILES string of the molecule is Cc1ccc(C)c(COC(=O)C2CCN(C(=O)c3cccs3)CC2)c1. The van der Waals surface area contributed by atoms with Crippen molar-refractivity contribution >= 4 is 23.2 Å². The molecule has 0 saturated carbocycles. The molecule has 0 N–H and O–H groups in total. The number of ether oxygens (including phenoxy) is 1. The van der Waals surface area contributed by atoms with Gasteiger partial charge in [-0.15, -0.1) is 11.3 Å². The summed E-state index contributed by atoms with van der Waals surface area (Å²) in [6.07, 6.45) is 1.34. The maximum Gasteiger partial charge on any atom is 0.309 e. The highest BCUT2D eigenvalue weighted by Crippen LogP contribution is 2.22. The quantitative estimate of drug-likeness (QED) is 0.778. The first-order valence-electron chi connectivity index (χ1n) is 8.60. The number of hydrogen-bond donors (Lipinski definition) is 0. The smallest absolute Gasteiger partial charge is 0.309 e. The number of aryl methyl sites for hydroxylation is 2. The average Bonchev–Trinajstić information content (AvgIpc) is 3.16. The van der Waals surface area contributed by atoms with Crippen molar-refractivity contribution in [2.45, 2.75) is 33.3 Å². The summed E-state index contributed by atoms with van der Waals surface area (Å²) in [4.78, 5) is 27.3. The van der Waals surface area contributed by atoms with E-state index in [0.717, 1.165) is 21.6 Å². The van der Waals surface area contributed by atoms with E-state index in [-0.39, 0.29) is 17.8 Å². The Hall–Kier alpha value is -2.14. The van der Waals surface area contributed by atoms with Crippen molar-refractivity contribution in [1.82, 2.24) is 4.90 Å². The molecule has 0 spiro atoms. The van der Waals surface area contributed by atoms with Gasteiger partial charge in [0.15, 0.2) is 0 Å². The summed E-state index contributed by atoms with van der Waals surface area (Å²) >= 11 is 1.46. The molecule has 5 heteroatoms. The largest absolute Gasteiger partial charge is 0.461 e. The molecule has 0 unspecified atom stereocenters. The minimum atomic E-state index is -0.149. The monoisotopic (exact) mass is 357 g/mol. The van der Waals surface area contributed by atoms with E-state index in [1.807, 2.05) is 42.3 Å². The third kappa shape index (κ3) is 4.28. The average molecular weight is 357 g/mol. The van der Waals surface area contributed by atoms with Gasteiger partial charge in [0.1, 0.15) is 6.61 Å². The van der Waals surface area contributed by atoms with Gasteiger partial charge in [0.05, 0.1) is 10.8 Å². The first kappa shape index (κ1) is 17.7. The van der Waals surface area contributed by atoms with Crippen molar-refractivity contribution in [1.29, 1.82) is 0 Å². The Balaban J connectivity index is 1.50. The van der Waals surface area contributed by atoms with Crippen molar-refractivity contribution in [2.24, 2.45) is 5.92 Å². The molecule has 0 aliphatic carbocycles. The van der Waals surface area contributed by atoms with E-state index in [0.29, 0.717) is 32.5 Å². The summed E-state index contributed by atoms with van der Waals surface area (Å²) in [6.45, 7) is 5.60. The summed E-state index contributed by atoms with van der Waals surface area (Å²) in [5.41, 5.74) is 3.35. The van der Waals surface area contributed by atoms with Gasteiger partial charge in [0.2, 0.25) is 0 Å². The molecule has 25 heavy (non-hydrogen) atoms. The van der Waals surface area contributed by atoms with Crippen molar-refractivity contribution in [3.8, 4) is 0 Å². The molecule has 1 saturated heterocycles. The summed E-state index contributed by atoms with van der Waals surface area (Å²) in [7, 11) is 0. The van der Waals surface area contributed by atoms with Crippen molar-refractivity contribution in [2.75, 3.05) is 13.1 Å². The minimum absolute atomic E-state index is 0.0669. The Morgan fingerprint density at radius 3 is 2.64 bits per heavy atom. The number of hydrogen-bond acceptors (Lipinski definition) is 4. The van der Waals surface area contributed by atoms with E-state index in [9.17, 15) is 9.59 Å². The number of piperidine rings is 1. The predicted octanol–water partition coefficient (Wildman–Crippen LogP) is 3.96. The molecule has 1 aliphatic rings. The molecular formula is C20H23NO3S. The Morgan fingerprint density at radius 1 is 1.20 bits per heavy atom. The maximum absolute atomic E-state index is 12.3. The molecule has 4 nitrogen and oxygen atoms in total. The van der Waals surface area contributed by atoms with Crippen LogP contribution in [0.15, 0.2) is 35.7 Å². The molecule has 0 radical (unpaired) electrons. The predicted molar refractivity (Wildman–Crippen MR) is 98.7 cm³/mol. The first-order chi connectivity index (χ1) is 12.0. The first-order valence-corrected chi connectivity index (χ1v) is 9.48. The lowest BCUT2D eigenvalue weighted by Crippen LogP contribution is -2.40. The molecule has 132 valence electrons. The molecule has 1 fully saturated rings. The molecule has 2 heterocycles. The second-order valence-electron chi connectivity index (χ2n) is 6.58. The normalized spacial score (nSPS) is 15.2. The third-order valence-corrected chi connectivity index (χ3v) is 5.58. The van der Waals surface area contributed by atoms with Crippen LogP contribution in [0.4, 0.5) is 0 Å². The van der Waals surface area contributed by atoms with E-state index in [1.165, 1.54) is 11.3 Å². The Labute approximate surface area is 152 Å². The molecular weight excluding hydrogens is 334 g/mol. The molecule has 0 atom stereocenters. The molecule has 1 amide bonds. The third-order valence-electron chi connectivity index (χ3n) is 4.72.